The van der Waals surface area contributed by atoms with E-state index in [2.05, 4.69) is 60.3 Å². The third-order valence-corrected chi connectivity index (χ3v) is 3.30. The Balaban J connectivity index is 2.30. The van der Waals surface area contributed by atoms with Gasteiger partial charge in [0.05, 0.1) is 11.7 Å². The summed E-state index contributed by atoms with van der Waals surface area (Å²) >= 11 is 0. The van der Waals surface area contributed by atoms with Crippen molar-refractivity contribution in [2.75, 3.05) is 7.05 Å². The molecule has 1 aromatic carbocycles. The van der Waals surface area contributed by atoms with Gasteiger partial charge in [-0.05, 0) is 29.7 Å². The fourth-order valence-corrected chi connectivity index (χ4v) is 2.13. The highest BCUT2D eigenvalue weighted by Crippen LogP contribution is 2.25. The molecular formula is C16H21N3. The molecule has 1 aromatic heterocycles. The summed E-state index contributed by atoms with van der Waals surface area (Å²) in [6.45, 7) is 6.67. The van der Waals surface area contributed by atoms with Crippen molar-refractivity contribution in [1.29, 1.82) is 0 Å². The molecule has 3 nitrogen and oxygen atoms in total. The molecule has 0 amide bonds. The number of nitrogens with one attached hydrogen (secondary N) is 1. The van der Waals surface area contributed by atoms with Crippen LogP contribution in [0, 0.1) is 0 Å². The Hall–Kier alpha value is -1.74. The molecular weight excluding hydrogens is 234 g/mol. The van der Waals surface area contributed by atoms with Gasteiger partial charge in [0, 0.05) is 6.20 Å². The van der Waals surface area contributed by atoms with E-state index in [0.717, 1.165) is 5.69 Å². The van der Waals surface area contributed by atoms with Crippen LogP contribution in [-0.4, -0.2) is 17.0 Å². The molecule has 0 bridgehead atoms. The van der Waals surface area contributed by atoms with Crippen LogP contribution in [-0.2, 0) is 5.41 Å². The lowest BCUT2D eigenvalue weighted by atomic mass is 9.86. The van der Waals surface area contributed by atoms with E-state index in [1.54, 1.807) is 12.5 Å². The van der Waals surface area contributed by atoms with Gasteiger partial charge in [-0.1, -0.05) is 45.0 Å². The summed E-state index contributed by atoms with van der Waals surface area (Å²) in [7, 11) is 1.95. The van der Waals surface area contributed by atoms with Crippen molar-refractivity contribution in [3.63, 3.8) is 0 Å². The summed E-state index contributed by atoms with van der Waals surface area (Å²) < 4.78 is 0. The Morgan fingerprint density at radius 1 is 1.05 bits per heavy atom. The highest BCUT2D eigenvalue weighted by Gasteiger charge is 2.16. The predicted octanol–water partition coefficient (Wildman–Crippen LogP) is 3.08. The number of nitrogens with zero attached hydrogens (tertiary/aromatic N) is 2. The Labute approximate surface area is 115 Å². The maximum Gasteiger partial charge on any atom is 0.115 e. The molecule has 0 aliphatic carbocycles. The highest BCUT2D eigenvalue weighted by atomic mass is 14.9. The maximum absolute atomic E-state index is 4.32. The van der Waals surface area contributed by atoms with E-state index < -0.39 is 0 Å². The van der Waals surface area contributed by atoms with Crippen LogP contribution >= 0.6 is 0 Å². The molecule has 2 aromatic rings. The van der Waals surface area contributed by atoms with Gasteiger partial charge in [0.2, 0.25) is 0 Å². The van der Waals surface area contributed by atoms with Crippen molar-refractivity contribution >= 4 is 0 Å². The van der Waals surface area contributed by atoms with Crippen molar-refractivity contribution in [2.24, 2.45) is 0 Å². The molecule has 0 aliphatic heterocycles. The van der Waals surface area contributed by atoms with E-state index in [1.165, 1.54) is 11.1 Å². The molecule has 1 unspecified atom stereocenters. The fourth-order valence-electron chi connectivity index (χ4n) is 2.13. The Morgan fingerprint density at radius 3 is 2.21 bits per heavy atom. The summed E-state index contributed by atoms with van der Waals surface area (Å²) in [5.41, 5.74) is 3.73. The van der Waals surface area contributed by atoms with Crippen LogP contribution in [0.5, 0.6) is 0 Å². The number of hydrogen-bond donors (Lipinski definition) is 1. The van der Waals surface area contributed by atoms with Crippen LogP contribution in [0.2, 0.25) is 0 Å². The lowest BCUT2D eigenvalue weighted by Crippen LogP contribution is -2.19. The van der Waals surface area contributed by atoms with E-state index >= 15 is 0 Å². The van der Waals surface area contributed by atoms with Gasteiger partial charge in [-0.3, -0.25) is 0 Å². The first kappa shape index (κ1) is 13.7. The van der Waals surface area contributed by atoms with Gasteiger partial charge in [-0.15, -0.1) is 0 Å². The first-order chi connectivity index (χ1) is 9.02. The van der Waals surface area contributed by atoms with Crippen molar-refractivity contribution in [3.8, 4) is 0 Å². The molecule has 3 heteroatoms. The van der Waals surface area contributed by atoms with Gasteiger partial charge >= 0.3 is 0 Å². The van der Waals surface area contributed by atoms with Crippen molar-refractivity contribution in [2.45, 2.75) is 32.2 Å². The minimum absolute atomic E-state index is 0.108. The second-order valence-electron chi connectivity index (χ2n) is 5.73. The van der Waals surface area contributed by atoms with E-state index in [9.17, 15) is 0 Å². The molecule has 19 heavy (non-hydrogen) atoms. The smallest absolute Gasteiger partial charge is 0.115 e. The van der Waals surface area contributed by atoms with Gasteiger partial charge in [-0.2, -0.15) is 0 Å². The SMILES string of the molecule is CNC(c1ccc(C(C)(C)C)cc1)c1ccncn1. The molecule has 0 saturated carbocycles. The molecule has 0 aliphatic rings. The van der Waals surface area contributed by atoms with Crippen LogP contribution in [0.25, 0.3) is 0 Å². The van der Waals surface area contributed by atoms with Crippen molar-refractivity contribution < 1.29 is 0 Å². The molecule has 1 atom stereocenters. The summed E-state index contributed by atoms with van der Waals surface area (Å²) in [4.78, 5) is 8.29. The molecule has 0 radical (unpaired) electrons. The monoisotopic (exact) mass is 255 g/mol. The zero-order valence-corrected chi connectivity index (χ0v) is 12.0. The van der Waals surface area contributed by atoms with E-state index in [1.807, 2.05) is 13.1 Å². The zero-order valence-electron chi connectivity index (χ0n) is 12.0. The van der Waals surface area contributed by atoms with Gasteiger partial charge in [0.15, 0.2) is 0 Å². The van der Waals surface area contributed by atoms with Crippen molar-refractivity contribution in [3.05, 3.63) is 59.7 Å². The zero-order chi connectivity index (χ0) is 13.9. The molecule has 0 saturated heterocycles. The third-order valence-electron chi connectivity index (χ3n) is 3.30. The summed E-state index contributed by atoms with van der Waals surface area (Å²) in [6.07, 6.45) is 3.36. The molecule has 1 N–H and O–H groups in total. The average molecular weight is 255 g/mol. The standard InChI is InChI=1S/C16H21N3/c1-16(2,3)13-7-5-12(6-8-13)15(17-4)14-9-10-18-11-19-14/h5-11,15,17H,1-4H3. The first-order valence-electron chi connectivity index (χ1n) is 6.56. The van der Waals surface area contributed by atoms with Gasteiger partial charge < -0.3 is 5.32 Å². The summed E-state index contributed by atoms with van der Waals surface area (Å²) in [5, 5.41) is 3.30. The number of benzene rings is 1. The van der Waals surface area contributed by atoms with E-state index in [4.69, 9.17) is 0 Å². The van der Waals surface area contributed by atoms with Gasteiger partial charge in [0.1, 0.15) is 6.33 Å². The Morgan fingerprint density at radius 2 is 1.74 bits per heavy atom. The van der Waals surface area contributed by atoms with E-state index in [-0.39, 0.29) is 11.5 Å². The van der Waals surface area contributed by atoms with Gasteiger partial charge in [0.25, 0.3) is 0 Å². The number of hydrogen-bond acceptors (Lipinski definition) is 3. The second-order valence-corrected chi connectivity index (χ2v) is 5.73. The second kappa shape index (κ2) is 5.49. The predicted molar refractivity (Wildman–Crippen MR) is 78.1 cm³/mol. The quantitative estimate of drug-likeness (QED) is 0.916. The lowest BCUT2D eigenvalue weighted by Gasteiger charge is -2.21. The van der Waals surface area contributed by atoms with E-state index in [0.29, 0.717) is 0 Å². The number of aromatic nitrogens is 2. The topological polar surface area (TPSA) is 37.8 Å². The van der Waals surface area contributed by atoms with Crippen LogP contribution < -0.4 is 5.32 Å². The van der Waals surface area contributed by atoms with Crippen LogP contribution in [0.3, 0.4) is 0 Å². The minimum atomic E-state index is 0.108. The lowest BCUT2D eigenvalue weighted by molar-refractivity contribution is 0.588. The Bertz CT molecular complexity index is 512. The van der Waals surface area contributed by atoms with Crippen molar-refractivity contribution in [1.82, 2.24) is 15.3 Å². The van der Waals surface area contributed by atoms with Crippen LogP contribution in [0.15, 0.2) is 42.9 Å². The van der Waals surface area contributed by atoms with Crippen LogP contribution in [0.4, 0.5) is 0 Å². The highest BCUT2D eigenvalue weighted by molar-refractivity contribution is 5.32. The number of rotatable bonds is 3. The Kier molecular flexibility index (Phi) is 3.96. The summed E-state index contributed by atoms with van der Waals surface area (Å²) in [6, 6.07) is 10.8. The molecule has 1 heterocycles. The fraction of sp³-hybridized carbons (Fsp3) is 0.375. The molecule has 2 rings (SSSR count). The normalized spacial score (nSPS) is 13.3. The van der Waals surface area contributed by atoms with Gasteiger partial charge in [-0.25, -0.2) is 9.97 Å². The third kappa shape index (κ3) is 3.18. The minimum Gasteiger partial charge on any atom is -0.308 e. The van der Waals surface area contributed by atoms with Crippen LogP contribution in [0.1, 0.15) is 43.6 Å². The first-order valence-corrected chi connectivity index (χ1v) is 6.56. The average Bonchev–Trinajstić information content (AvgIpc) is 2.40. The molecule has 100 valence electrons. The summed E-state index contributed by atoms with van der Waals surface area (Å²) in [5.74, 6) is 0. The maximum atomic E-state index is 4.32. The largest absolute Gasteiger partial charge is 0.308 e. The molecule has 0 spiro atoms. The molecule has 0 fully saturated rings.